The van der Waals surface area contributed by atoms with Crippen LogP contribution in [0, 0.1) is 6.92 Å². The topological polar surface area (TPSA) is 68.3 Å². The predicted molar refractivity (Wildman–Crippen MR) is 77.8 cm³/mol. The van der Waals surface area contributed by atoms with Crippen molar-refractivity contribution in [2.45, 2.75) is 11.8 Å². The summed E-state index contributed by atoms with van der Waals surface area (Å²) in [7, 11) is -2.42. The Hall–Kier alpha value is -1.79. The smallest absolute Gasteiger partial charge is 0.266 e. The zero-order valence-corrected chi connectivity index (χ0v) is 12.5. The summed E-state index contributed by atoms with van der Waals surface area (Å²) in [6, 6.07) is 7.80. The van der Waals surface area contributed by atoms with Crippen LogP contribution in [0.25, 0.3) is 0 Å². The van der Waals surface area contributed by atoms with E-state index in [4.69, 9.17) is 16.3 Å². The zero-order chi connectivity index (χ0) is 14.8. The number of aryl methyl sites for hydroxylation is 1. The number of hydrogen-bond acceptors (Lipinski definition) is 4. The molecule has 2 rings (SSSR count). The van der Waals surface area contributed by atoms with Gasteiger partial charge in [-0.1, -0.05) is 11.6 Å². The molecule has 0 aliphatic heterocycles. The molecule has 1 heterocycles. The fourth-order valence-electron chi connectivity index (χ4n) is 1.65. The van der Waals surface area contributed by atoms with E-state index in [1.54, 1.807) is 18.2 Å². The number of pyridine rings is 1. The summed E-state index contributed by atoms with van der Waals surface area (Å²) >= 11 is 5.84. The third-order valence-corrected chi connectivity index (χ3v) is 4.18. The molecule has 0 spiro atoms. The molecule has 0 aliphatic rings. The maximum atomic E-state index is 12.4. The predicted octanol–water partition coefficient (Wildman–Crippen LogP) is 2.85. The summed E-state index contributed by atoms with van der Waals surface area (Å²) in [6.07, 6.45) is 1.53. The lowest BCUT2D eigenvalue weighted by molar-refractivity contribution is 0.403. The van der Waals surface area contributed by atoms with Gasteiger partial charge in [0, 0.05) is 11.2 Å². The Bertz CT molecular complexity index is 732. The highest BCUT2D eigenvalue weighted by Gasteiger charge is 2.20. The molecule has 1 aromatic carbocycles. The quantitative estimate of drug-likeness (QED) is 0.942. The lowest BCUT2D eigenvalue weighted by Gasteiger charge is -2.11. The second-order valence-electron chi connectivity index (χ2n) is 4.12. The first kappa shape index (κ1) is 14.6. The van der Waals surface area contributed by atoms with Crippen LogP contribution in [-0.4, -0.2) is 20.5 Å². The number of ether oxygens (including phenoxy) is 1. The molecule has 0 amide bonds. The fourth-order valence-corrected chi connectivity index (χ4v) is 3.08. The molecule has 1 N–H and O–H groups in total. The van der Waals surface area contributed by atoms with E-state index in [1.807, 2.05) is 6.92 Å². The van der Waals surface area contributed by atoms with Gasteiger partial charge in [-0.25, -0.2) is 13.4 Å². The van der Waals surface area contributed by atoms with Crippen LogP contribution in [0.1, 0.15) is 5.56 Å². The van der Waals surface area contributed by atoms with Gasteiger partial charge in [-0.05, 0) is 42.8 Å². The van der Waals surface area contributed by atoms with Gasteiger partial charge in [0.25, 0.3) is 10.0 Å². The van der Waals surface area contributed by atoms with Crippen LogP contribution < -0.4 is 9.46 Å². The van der Waals surface area contributed by atoms with E-state index in [0.29, 0.717) is 5.02 Å². The average molecular weight is 313 g/mol. The van der Waals surface area contributed by atoms with Gasteiger partial charge in [-0.15, -0.1) is 0 Å². The van der Waals surface area contributed by atoms with Crippen molar-refractivity contribution in [3.63, 3.8) is 0 Å². The first-order chi connectivity index (χ1) is 9.42. The average Bonchev–Trinajstić information content (AvgIpc) is 2.38. The highest BCUT2D eigenvalue weighted by atomic mass is 35.5. The van der Waals surface area contributed by atoms with Crippen molar-refractivity contribution in [2.24, 2.45) is 0 Å². The molecule has 1 aromatic heterocycles. The minimum atomic E-state index is -3.82. The van der Waals surface area contributed by atoms with Gasteiger partial charge in [-0.3, -0.25) is 4.72 Å². The second-order valence-corrected chi connectivity index (χ2v) is 6.21. The Kier molecular flexibility index (Phi) is 4.15. The van der Waals surface area contributed by atoms with Crippen LogP contribution in [-0.2, 0) is 10.0 Å². The van der Waals surface area contributed by atoms with E-state index in [-0.39, 0.29) is 16.5 Å². The maximum absolute atomic E-state index is 12.4. The SMILES string of the molecule is COc1ccc(Cl)cc1S(=O)(=O)Nc1cc(C)ccn1. The van der Waals surface area contributed by atoms with E-state index in [2.05, 4.69) is 9.71 Å². The molecule has 106 valence electrons. The monoisotopic (exact) mass is 312 g/mol. The molecule has 0 atom stereocenters. The number of nitrogens with zero attached hydrogens (tertiary/aromatic N) is 1. The second kappa shape index (κ2) is 5.68. The Morgan fingerprint density at radius 2 is 2.00 bits per heavy atom. The third kappa shape index (κ3) is 3.20. The fraction of sp³-hybridized carbons (Fsp3) is 0.154. The molecule has 7 heteroatoms. The summed E-state index contributed by atoms with van der Waals surface area (Å²) in [5.74, 6) is 0.460. The van der Waals surface area contributed by atoms with Crippen LogP contribution >= 0.6 is 11.6 Å². The third-order valence-electron chi connectivity index (χ3n) is 2.57. The van der Waals surface area contributed by atoms with Gasteiger partial charge in [0.05, 0.1) is 7.11 Å². The molecule has 20 heavy (non-hydrogen) atoms. The molecule has 0 saturated carbocycles. The first-order valence-corrected chi connectivity index (χ1v) is 7.57. The van der Waals surface area contributed by atoms with E-state index < -0.39 is 10.0 Å². The van der Waals surface area contributed by atoms with E-state index in [1.165, 1.54) is 25.4 Å². The van der Waals surface area contributed by atoms with Gasteiger partial charge in [-0.2, -0.15) is 0 Å². The van der Waals surface area contributed by atoms with Crippen molar-refractivity contribution in [3.8, 4) is 5.75 Å². The Morgan fingerprint density at radius 1 is 1.25 bits per heavy atom. The minimum Gasteiger partial charge on any atom is -0.495 e. The molecule has 5 nitrogen and oxygen atoms in total. The normalized spacial score (nSPS) is 11.2. The van der Waals surface area contributed by atoms with E-state index >= 15 is 0 Å². The van der Waals surface area contributed by atoms with Gasteiger partial charge in [0.1, 0.15) is 16.5 Å². The summed E-state index contributed by atoms with van der Waals surface area (Å²) in [4.78, 5) is 3.93. The zero-order valence-electron chi connectivity index (χ0n) is 10.9. The maximum Gasteiger partial charge on any atom is 0.266 e. The van der Waals surface area contributed by atoms with Crippen molar-refractivity contribution >= 4 is 27.4 Å². The Balaban J connectivity index is 2.43. The van der Waals surface area contributed by atoms with E-state index in [0.717, 1.165) is 5.56 Å². The van der Waals surface area contributed by atoms with E-state index in [9.17, 15) is 8.42 Å². The van der Waals surface area contributed by atoms with Crippen molar-refractivity contribution in [2.75, 3.05) is 11.8 Å². The van der Waals surface area contributed by atoms with Gasteiger partial charge >= 0.3 is 0 Å². The number of methoxy groups -OCH3 is 1. The molecule has 0 fully saturated rings. The molecule has 2 aromatic rings. The molecular weight excluding hydrogens is 300 g/mol. The van der Waals surface area contributed by atoms with Crippen LogP contribution in [0.5, 0.6) is 5.75 Å². The standard InChI is InChI=1S/C13H13ClN2O3S/c1-9-5-6-15-13(7-9)16-20(17,18)12-8-10(14)3-4-11(12)19-2/h3-8H,1-2H3,(H,15,16). The Labute approximate surface area is 122 Å². The molecule has 0 saturated heterocycles. The highest BCUT2D eigenvalue weighted by Crippen LogP contribution is 2.28. The molecule has 0 radical (unpaired) electrons. The van der Waals surface area contributed by atoms with Crippen molar-refractivity contribution in [3.05, 3.63) is 47.1 Å². The van der Waals surface area contributed by atoms with Crippen LogP contribution in [0.3, 0.4) is 0 Å². The van der Waals surface area contributed by atoms with Gasteiger partial charge in [0.15, 0.2) is 0 Å². The molecule has 0 unspecified atom stereocenters. The number of nitrogens with one attached hydrogen (secondary N) is 1. The van der Waals surface area contributed by atoms with Crippen molar-refractivity contribution < 1.29 is 13.2 Å². The number of sulfonamides is 1. The van der Waals surface area contributed by atoms with Gasteiger partial charge in [0.2, 0.25) is 0 Å². The number of halogens is 1. The van der Waals surface area contributed by atoms with Crippen LogP contribution in [0.4, 0.5) is 5.82 Å². The number of aromatic nitrogens is 1. The lowest BCUT2D eigenvalue weighted by Crippen LogP contribution is -2.15. The molecule has 0 bridgehead atoms. The largest absolute Gasteiger partial charge is 0.495 e. The van der Waals surface area contributed by atoms with Crippen LogP contribution in [0.15, 0.2) is 41.4 Å². The molecule has 0 aliphatic carbocycles. The number of hydrogen-bond donors (Lipinski definition) is 1. The Morgan fingerprint density at radius 3 is 2.65 bits per heavy atom. The lowest BCUT2D eigenvalue weighted by atomic mass is 10.3. The summed E-state index contributed by atoms with van der Waals surface area (Å²) in [5, 5.41) is 0.309. The summed E-state index contributed by atoms with van der Waals surface area (Å²) in [5.41, 5.74) is 0.899. The number of anilines is 1. The van der Waals surface area contributed by atoms with Crippen molar-refractivity contribution in [1.82, 2.24) is 4.98 Å². The summed E-state index contributed by atoms with van der Waals surface area (Å²) in [6.45, 7) is 1.85. The van der Waals surface area contributed by atoms with Crippen molar-refractivity contribution in [1.29, 1.82) is 0 Å². The molecular formula is C13H13ClN2O3S. The number of benzene rings is 1. The highest BCUT2D eigenvalue weighted by molar-refractivity contribution is 7.92. The summed E-state index contributed by atoms with van der Waals surface area (Å²) < 4.78 is 32.2. The minimum absolute atomic E-state index is 0.0317. The first-order valence-electron chi connectivity index (χ1n) is 5.71. The number of rotatable bonds is 4. The van der Waals surface area contributed by atoms with Gasteiger partial charge < -0.3 is 4.74 Å². The van der Waals surface area contributed by atoms with Crippen LogP contribution in [0.2, 0.25) is 5.02 Å².